The zero-order chi connectivity index (χ0) is 19.9. The van der Waals surface area contributed by atoms with Crippen molar-refractivity contribution in [2.45, 2.75) is 18.9 Å². The molecule has 28 heavy (non-hydrogen) atoms. The number of ether oxygens (including phenoxy) is 3. The number of benzene rings is 2. The maximum atomic E-state index is 13.5. The number of rotatable bonds is 7. The molecule has 0 aliphatic carbocycles. The van der Waals surface area contributed by atoms with Crippen LogP contribution >= 0.6 is 0 Å². The molecule has 8 heteroatoms. The van der Waals surface area contributed by atoms with Crippen LogP contribution < -0.4 is 10.1 Å². The molecule has 6 nitrogen and oxygen atoms in total. The average molecular weight is 391 g/mol. The third-order valence-electron chi connectivity index (χ3n) is 4.09. The van der Waals surface area contributed by atoms with Crippen molar-refractivity contribution in [2.24, 2.45) is 0 Å². The summed E-state index contributed by atoms with van der Waals surface area (Å²) in [4.78, 5) is 23.8. The highest BCUT2D eigenvalue weighted by Crippen LogP contribution is 2.17. The van der Waals surface area contributed by atoms with Gasteiger partial charge >= 0.3 is 5.97 Å². The molecule has 1 N–H and O–H groups in total. The highest BCUT2D eigenvalue weighted by molar-refractivity contribution is 5.95. The summed E-state index contributed by atoms with van der Waals surface area (Å²) in [5, 5.41) is 2.21. The molecule has 1 aliphatic rings. The highest BCUT2D eigenvalue weighted by atomic mass is 19.1. The van der Waals surface area contributed by atoms with Crippen molar-refractivity contribution in [2.75, 3.05) is 25.1 Å². The van der Waals surface area contributed by atoms with Gasteiger partial charge in [-0.25, -0.2) is 13.6 Å². The van der Waals surface area contributed by atoms with Gasteiger partial charge in [0.25, 0.3) is 5.91 Å². The van der Waals surface area contributed by atoms with Crippen molar-refractivity contribution in [1.82, 2.24) is 0 Å². The van der Waals surface area contributed by atoms with Gasteiger partial charge in [0.2, 0.25) is 0 Å². The molecule has 1 aliphatic heterocycles. The minimum atomic E-state index is -0.918. The van der Waals surface area contributed by atoms with E-state index in [4.69, 9.17) is 14.2 Å². The second-order valence-corrected chi connectivity index (χ2v) is 6.22. The first-order chi connectivity index (χ1) is 13.5. The molecule has 2 aromatic carbocycles. The van der Waals surface area contributed by atoms with Crippen molar-refractivity contribution in [3.63, 3.8) is 0 Å². The molecule has 1 fully saturated rings. The first-order valence-electron chi connectivity index (χ1n) is 8.78. The lowest BCUT2D eigenvalue weighted by Crippen LogP contribution is -2.21. The van der Waals surface area contributed by atoms with Gasteiger partial charge in [0.1, 0.15) is 24.0 Å². The maximum Gasteiger partial charge on any atom is 0.338 e. The Hall–Kier alpha value is -3.00. The summed E-state index contributed by atoms with van der Waals surface area (Å²) >= 11 is 0. The van der Waals surface area contributed by atoms with E-state index in [9.17, 15) is 18.4 Å². The van der Waals surface area contributed by atoms with Crippen molar-refractivity contribution in [3.8, 4) is 5.75 Å². The van der Waals surface area contributed by atoms with Gasteiger partial charge in [-0.3, -0.25) is 4.79 Å². The second kappa shape index (κ2) is 9.27. The fourth-order valence-corrected chi connectivity index (χ4v) is 2.64. The van der Waals surface area contributed by atoms with Gasteiger partial charge in [0, 0.05) is 12.7 Å². The maximum absolute atomic E-state index is 13.5. The van der Waals surface area contributed by atoms with Crippen LogP contribution in [0.25, 0.3) is 0 Å². The zero-order valence-electron chi connectivity index (χ0n) is 15.0. The number of nitrogens with one attached hydrogen (secondary N) is 1. The van der Waals surface area contributed by atoms with Crippen LogP contribution in [0.15, 0.2) is 42.5 Å². The Morgan fingerprint density at radius 2 is 1.93 bits per heavy atom. The molecule has 2 aromatic rings. The molecule has 148 valence electrons. The normalized spacial score (nSPS) is 15.9. The van der Waals surface area contributed by atoms with E-state index in [1.54, 1.807) is 12.1 Å². The first-order valence-corrected chi connectivity index (χ1v) is 8.78. The number of amides is 1. The lowest BCUT2D eigenvalue weighted by molar-refractivity contribution is -0.119. The Kier molecular flexibility index (Phi) is 6.54. The Morgan fingerprint density at radius 3 is 2.61 bits per heavy atom. The van der Waals surface area contributed by atoms with Crippen LogP contribution in [0.3, 0.4) is 0 Å². The summed E-state index contributed by atoms with van der Waals surface area (Å²) in [5.41, 5.74) is 0.0421. The third kappa shape index (κ3) is 5.50. The minimum Gasteiger partial charge on any atom is -0.491 e. The van der Waals surface area contributed by atoms with E-state index in [1.165, 1.54) is 12.1 Å². The molecule has 1 atom stereocenters. The van der Waals surface area contributed by atoms with E-state index in [1.807, 2.05) is 0 Å². The summed E-state index contributed by atoms with van der Waals surface area (Å²) in [6.07, 6.45) is 2.09. The van der Waals surface area contributed by atoms with Crippen LogP contribution in [0.5, 0.6) is 5.75 Å². The zero-order valence-corrected chi connectivity index (χ0v) is 15.0. The molecular formula is C20H19F2NO5. The monoisotopic (exact) mass is 391 g/mol. The lowest BCUT2D eigenvalue weighted by atomic mass is 10.2. The van der Waals surface area contributed by atoms with Crippen LogP contribution in [0, 0.1) is 11.6 Å². The van der Waals surface area contributed by atoms with Gasteiger partial charge in [-0.1, -0.05) is 0 Å². The van der Waals surface area contributed by atoms with E-state index >= 15 is 0 Å². The Labute approximate surface area is 160 Å². The second-order valence-electron chi connectivity index (χ2n) is 6.22. The van der Waals surface area contributed by atoms with Gasteiger partial charge in [-0.05, 0) is 49.2 Å². The molecular weight excluding hydrogens is 372 g/mol. The lowest BCUT2D eigenvalue weighted by Gasteiger charge is -2.11. The predicted octanol–water partition coefficient (Wildman–Crippen LogP) is 3.32. The Bertz CT molecular complexity index is 835. The molecule has 0 radical (unpaired) electrons. The summed E-state index contributed by atoms with van der Waals surface area (Å²) in [6, 6.07) is 9.02. The highest BCUT2D eigenvalue weighted by Gasteiger charge is 2.16. The molecule has 3 rings (SSSR count). The molecule has 0 bridgehead atoms. The van der Waals surface area contributed by atoms with Crippen molar-refractivity contribution < 1.29 is 32.6 Å². The number of anilines is 1. The van der Waals surface area contributed by atoms with Crippen LogP contribution in [-0.2, 0) is 14.3 Å². The van der Waals surface area contributed by atoms with Gasteiger partial charge in [-0.2, -0.15) is 0 Å². The van der Waals surface area contributed by atoms with E-state index in [0.717, 1.165) is 31.6 Å². The topological polar surface area (TPSA) is 73.9 Å². The van der Waals surface area contributed by atoms with Gasteiger partial charge < -0.3 is 19.5 Å². The largest absolute Gasteiger partial charge is 0.491 e. The van der Waals surface area contributed by atoms with Crippen molar-refractivity contribution >= 4 is 17.6 Å². The number of hydrogen-bond acceptors (Lipinski definition) is 5. The summed E-state index contributed by atoms with van der Waals surface area (Å²) in [6.45, 7) is 0.594. The number of carbonyl (C=O) groups is 2. The molecule has 0 aromatic heterocycles. The molecule has 0 spiro atoms. The van der Waals surface area contributed by atoms with Crippen LogP contribution in [0.4, 0.5) is 14.5 Å². The Morgan fingerprint density at radius 1 is 1.14 bits per heavy atom. The van der Waals surface area contributed by atoms with Crippen molar-refractivity contribution in [1.29, 1.82) is 0 Å². The van der Waals surface area contributed by atoms with Crippen LogP contribution in [0.2, 0.25) is 0 Å². The van der Waals surface area contributed by atoms with Crippen LogP contribution in [-0.4, -0.2) is 37.8 Å². The van der Waals surface area contributed by atoms with E-state index in [-0.39, 0.29) is 17.4 Å². The number of esters is 1. The number of hydrogen-bond donors (Lipinski definition) is 1. The SMILES string of the molecule is O=C(COC(=O)c1ccc(OC[C@H]2CCCO2)cc1)Nc1ccc(F)cc1F. The molecule has 1 amide bonds. The quantitative estimate of drug-likeness (QED) is 0.733. The smallest absolute Gasteiger partial charge is 0.338 e. The average Bonchev–Trinajstić information content (AvgIpc) is 3.21. The number of halogens is 2. The van der Waals surface area contributed by atoms with Gasteiger partial charge in [-0.15, -0.1) is 0 Å². The Balaban J connectivity index is 1.45. The molecule has 0 unspecified atom stereocenters. The van der Waals surface area contributed by atoms with Crippen molar-refractivity contribution in [3.05, 3.63) is 59.7 Å². The fourth-order valence-electron chi connectivity index (χ4n) is 2.64. The summed E-state index contributed by atoms with van der Waals surface area (Å²) < 4.78 is 42.3. The standard InChI is InChI=1S/C20H19F2NO5/c21-14-5-8-18(17(22)10-14)23-19(24)12-28-20(25)13-3-6-15(7-4-13)27-11-16-2-1-9-26-16/h3-8,10,16H,1-2,9,11-12H2,(H,23,24)/t16-/m1/s1. The molecule has 0 saturated carbocycles. The predicted molar refractivity (Wildman–Crippen MR) is 96.2 cm³/mol. The molecule has 1 heterocycles. The van der Waals surface area contributed by atoms with Gasteiger partial charge in [0.05, 0.1) is 17.4 Å². The number of carbonyl (C=O) groups excluding carboxylic acids is 2. The van der Waals surface area contributed by atoms with E-state index in [2.05, 4.69) is 5.32 Å². The van der Waals surface area contributed by atoms with E-state index in [0.29, 0.717) is 18.4 Å². The summed E-state index contributed by atoms with van der Waals surface area (Å²) in [7, 11) is 0. The minimum absolute atomic E-state index is 0.0918. The van der Waals surface area contributed by atoms with Crippen LogP contribution in [0.1, 0.15) is 23.2 Å². The summed E-state index contributed by atoms with van der Waals surface area (Å²) in [5.74, 6) is -2.53. The third-order valence-corrected chi connectivity index (χ3v) is 4.09. The fraction of sp³-hybridized carbons (Fsp3) is 0.300. The van der Waals surface area contributed by atoms with Gasteiger partial charge in [0.15, 0.2) is 6.61 Å². The first kappa shape index (κ1) is 19.8. The van der Waals surface area contributed by atoms with E-state index < -0.39 is 30.1 Å². The molecule has 1 saturated heterocycles.